The van der Waals surface area contributed by atoms with Gasteiger partial charge in [0.15, 0.2) is 11.5 Å². The predicted octanol–water partition coefficient (Wildman–Crippen LogP) is 6.03. The van der Waals surface area contributed by atoms with Gasteiger partial charge in [-0.1, -0.05) is 67.3 Å². The summed E-state index contributed by atoms with van der Waals surface area (Å²) >= 11 is 6.90. The van der Waals surface area contributed by atoms with Crippen LogP contribution in [0.25, 0.3) is 6.08 Å². The fraction of sp³-hybridized carbons (Fsp3) is 0.353. The summed E-state index contributed by atoms with van der Waals surface area (Å²) in [6, 6.07) is 18.3. The van der Waals surface area contributed by atoms with Crippen LogP contribution >= 0.6 is 24.0 Å². The Labute approximate surface area is 266 Å². The number of fused-ring (bicyclic) bond motifs is 1. The molecule has 1 amide bonds. The van der Waals surface area contributed by atoms with Gasteiger partial charge >= 0.3 is 0 Å². The number of rotatable bonds is 8. The molecule has 0 N–H and O–H groups in total. The fourth-order valence-electron chi connectivity index (χ4n) is 6.20. The molecule has 44 heavy (non-hydrogen) atoms. The number of nitrogens with zero attached hydrogens (tertiary/aromatic N) is 4. The number of thiocarbonyl (C=S) groups is 1. The summed E-state index contributed by atoms with van der Waals surface area (Å²) in [6.45, 7) is 6.38. The predicted molar refractivity (Wildman–Crippen MR) is 177 cm³/mol. The number of hydrogen-bond donors (Lipinski definition) is 0. The molecule has 0 aliphatic carbocycles. The summed E-state index contributed by atoms with van der Waals surface area (Å²) in [4.78, 5) is 31.7. The molecule has 2 fully saturated rings. The first-order valence-corrected chi connectivity index (χ1v) is 16.2. The molecule has 10 heteroatoms. The van der Waals surface area contributed by atoms with E-state index in [1.807, 2.05) is 37.3 Å². The van der Waals surface area contributed by atoms with Gasteiger partial charge in [-0.2, -0.15) is 5.26 Å². The highest BCUT2D eigenvalue weighted by Crippen LogP contribution is 2.39. The van der Waals surface area contributed by atoms with E-state index in [9.17, 15) is 14.9 Å². The van der Waals surface area contributed by atoms with Crippen molar-refractivity contribution >= 4 is 46.1 Å². The lowest BCUT2D eigenvalue weighted by Crippen LogP contribution is -2.40. The van der Waals surface area contributed by atoms with Crippen molar-refractivity contribution in [3.8, 4) is 17.6 Å². The lowest BCUT2D eigenvalue weighted by atomic mass is 9.90. The van der Waals surface area contributed by atoms with E-state index in [4.69, 9.17) is 21.7 Å². The molecule has 0 bridgehead atoms. The molecule has 3 aliphatic rings. The maximum absolute atomic E-state index is 13.8. The van der Waals surface area contributed by atoms with Gasteiger partial charge in [0.05, 0.1) is 11.4 Å². The number of thioether (sulfide) groups is 1. The molecule has 226 valence electrons. The van der Waals surface area contributed by atoms with Crippen molar-refractivity contribution < 1.29 is 14.3 Å². The second kappa shape index (κ2) is 12.9. The molecule has 0 atom stereocenters. The number of carbonyl (C=O) groups excluding carboxylic acids is 1. The maximum atomic E-state index is 13.8. The molecule has 0 spiro atoms. The number of benzene rings is 2. The summed E-state index contributed by atoms with van der Waals surface area (Å²) in [5.41, 5.74) is 3.38. The zero-order chi connectivity index (χ0) is 30.8. The molecular weight excluding hydrogens is 593 g/mol. The SMILES string of the molecule is CCCn1c(N2CCC(Cc3ccccc3)CC2)c(/C=C2/SC(=S)N(Cc3ccc4c(c3)OCO4)C2=O)c(C)c(C#N)c1=O. The average molecular weight is 627 g/mol. The van der Waals surface area contributed by atoms with E-state index in [-0.39, 0.29) is 23.8 Å². The molecule has 3 aliphatic heterocycles. The van der Waals surface area contributed by atoms with Crippen LogP contribution in [-0.2, 0) is 24.3 Å². The Kier molecular flexibility index (Phi) is 8.78. The second-order valence-electron chi connectivity index (χ2n) is 11.4. The van der Waals surface area contributed by atoms with Gasteiger partial charge in [0.25, 0.3) is 11.5 Å². The Morgan fingerprint density at radius 3 is 2.55 bits per heavy atom. The number of nitriles is 1. The molecule has 6 rings (SSSR count). The fourth-order valence-corrected chi connectivity index (χ4v) is 7.44. The quantitative estimate of drug-likeness (QED) is 0.221. The van der Waals surface area contributed by atoms with Gasteiger partial charge < -0.3 is 14.4 Å². The van der Waals surface area contributed by atoms with Gasteiger partial charge in [0.2, 0.25) is 6.79 Å². The van der Waals surface area contributed by atoms with E-state index in [0.29, 0.717) is 45.3 Å². The Hall–Kier alpha value is -4.07. The number of ether oxygens (including phenoxy) is 2. The van der Waals surface area contributed by atoms with Crippen LogP contribution in [0, 0.1) is 24.2 Å². The molecule has 2 saturated heterocycles. The number of anilines is 1. The molecule has 8 nitrogen and oxygen atoms in total. The van der Waals surface area contributed by atoms with Crippen molar-refractivity contribution in [2.24, 2.45) is 5.92 Å². The minimum atomic E-state index is -0.277. The third kappa shape index (κ3) is 5.86. The van der Waals surface area contributed by atoms with E-state index < -0.39 is 0 Å². The zero-order valence-electron chi connectivity index (χ0n) is 24.9. The Balaban J connectivity index is 1.32. The van der Waals surface area contributed by atoms with Gasteiger partial charge in [0, 0.05) is 25.2 Å². The van der Waals surface area contributed by atoms with Gasteiger partial charge in [-0.3, -0.25) is 19.1 Å². The summed E-state index contributed by atoms with van der Waals surface area (Å²) in [5.74, 6) is 2.47. The van der Waals surface area contributed by atoms with Crippen molar-refractivity contribution in [2.45, 2.75) is 52.6 Å². The van der Waals surface area contributed by atoms with Crippen molar-refractivity contribution in [3.63, 3.8) is 0 Å². The zero-order valence-corrected chi connectivity index (χ0v) is 26.5. The second-order valence-corrected chi connectivity index (χ2v) is 13.1. The van der Waals surface area contributed by atoms with Gasteiger partial charge in [-0.15, -0.1) is 0 Å². The lowest BCUT2D eigenvalue weighted by Gasteiger charge is -2.36. The number of pyridine rings is 1. The number of hydrogen-bond acceptors (Lipinski definition) is 8. The molecule has 1 aromatic heterocycles. The van der Waals surface area contributed by atoms with Crippen molar-refractivity contribution in [1.82, 2.24) is 9.47 Å². The third-order valence-electron chi connectivity index (χ3n) is 8.50. The van der Waals surface area contributed by atoms with Crippen molar-refractivity contribution in [1.29, 1.82) is 5.26 Å². The Morgan fingerprint density at radius 2 is 1.82 bits per heavy atom. The van der Waals surface area contributed by atoms with E-state index in [1.165, 1.54) is 17.3 Å². The normalized spacial score (nSPS) is 17.5. The van der Waals surface area contributed by atoms with Gasteiger partial charge in [-0.25, -0.2) is 0 Å². The largest absolute Gasteiger partial charge is 0.454 e. The highest BCUT2D eigenvalue weighted by atomic mass is 32.2. The van der Waals surface area contributed by atoms with Crippen LogP contribution in [0.1, 0.15) is 54.0 Å². The van der Waals surface area contributed by atoms with E-state index in [2.05, 4.69) is 35.2 Å². The third-order valence-corrected chi connectivity index (χ3v) is 9.88. The molecule has 2 aromatic carbocycles. The highest BCUT2D eigenvalue weighted by molar-refractivity contribution is 8.26. The van der Waals surface area contributed by atoms with Crippen molar-refractivity contribution in [3.05, 3.63) is 91.6 Å². The molecule has 0 unspecified atom stereocenters. The van der Waals surface area contributed by atoms with E-state index in [1.54, 1.807) is 16.4 Å². The topological polar surface area (TPSA) is 87.8 Å². The Bertz CT molecular complexity index is 1740. The minimum Gasteiger partial charge on any atom is -0.454 e. The molecular formula is C34H34N4O4S2. The monoisotopic (exact) mass is 626 g/mol. The van der Waals surface area contributed by atoms with Crippen LogP contribution in [0.15, 0.2) is 58.2 Å². The lowest BCUT2D eigenvalue weighted by molar-refractivity contribution is -0.122. The smallest absolute Gasteiger partial charge is 0.270 e. The van der Waals surface area contributed by atoms with Crippen LogP contribution < -0.4 is 19.9 Å². The number of carbonyl (C=O) groups is 1. The van der Waals surface area contributed by atoms with Crippen LogP contribution in [0.5, 0.6) is 11.5 Å². The first-order valence-electron chi connectivity index (χ1n) is 15.0. The molecule has 0 saturated carbocycles. The maximum Gasteiger partial charge on any atom is 0.270 e. The average Bonchev–Trinajstić information content (AvgIpc) is 3.60. The minimum absolute atomic E-state index is 0.114. The Morgan fingerprint density at radius 1 is 1.07 bits per heavy atom. The first kappa shape index (κ1) is 30.0. The molecule has 4 heterocycles. The summed E-state index contributed by atoms with van der Waals surface area (Å²) in [5, 5.41) is 10.0. The summed E-state index contributed by atoms with van der Waals surface area (Å²) in [6.07, 6.45) is 5.59. The van der Waals surface area contributed by atoms with Gasteiger partial charge in [-0.05, 0) is 73.4 Å². The van der Waals surface area contributed by atoms with Gasteiger partial charge in [0.1, 0.15) is 21.8 Å². The van der Waals surface area contributed by atoms with Crippen LogP contribution in [-0.4, -0.2) is 39.6 Å². The van der Waals surface area contributed by atoms with Crippen molar-refractivity contribution in [2.75, 3.05) is 24.8 Å². The molecule has 3 aromatic rings. The van der Waals surface area contributed by atoms with Crippen LogP contribution in [0.4, 0.5) is 5.82 Å². The van der Waals surface area contributed by atoms with Crippen LogP contribution in [0.3, 0.4) is 0 Å². The number of aromatic nitrogens is 1. The highest BCUT2D eigenvalue weighted by Gasteiger charge is 2.34. The van der Waals surface area contributed by atoms with E-state index in [0.717, 1.165) is 55.7 Å². The number of amides is 1. The summed E-state index contributed by atoms with van der Waals surface area (Å²) < 4.78 is 13.1. The summed E-state index contributed by atoms with van der Waals surface area (Å²) in [7, 11) is 0. The van der Waals surface area contributed by atoms with E-state index >= 15 is 0 Å². The van der Waals surface area contributed by atoms with Crippen LogP contribution in [0.2, 0.25) is 0 Å². The first-order chi connectivity index (χ1) is 21.4. The standard InChI is InChI=1S/C34H34N4O4S2/c1-3-13-37-31(36-14-11-24(12-15-36)16-23-7-5-4-6-8-23)26(22(2)27(19-35)32(37)39)18-30-33(40)38(34(43)44-30)20-25-9-10-28-29(17-25)42-21-41-28/h4-10,17-18,24H,3,11-16,20-21H2,1-2H3/b30-18+. The number of piperidine rings is 1. The molecule has 0 radical (unpaired) electrons.